The first-order valence-corrected chi connectivity index (χ1v) is 7.43. The molecule has 8 heteroatoms. The van der Waals surface area contributed by atoms with Gasteiger partial charge in [-0.2, -0.15) is 5.21 Å². The van der Waals surface area contributed by atoms with Crippen molar-refractivity contribution in [3.8, 4) is 0 Å². The van der Waals surface area contributed by atoms with Crippen LogP contribution in [0.25, 0.3) is 0 Å². The zero-order valence-corrected chi connectivity index (χ0v) is 12.8. The van der Waals surface area contributed by atoms with Crippen LogP contribution in [0.3, 0.4) is 0 Å². The minimum Gasteiger partial charge on any atom is -0.379 e. The lowest BCUT2D eigenvalue weighted by Gasteiger charge is -2.26. The molecule has 2 aromatic rings. The number of tetrazole rings is 1. The van der Waals surface area contributed by atoms with Crippen molar-refractivity contribution in [2.24, 2.45) is 0 Å². The summed E-state index contributed by atoms with van der Waals surface area (Å²) in [5, 5.41) is 16.3. The number of ether oxygens (including phenoxy) is 1. The maximum Gasteiger partial charge on any atom is 0.253 e. The topological polar surface area (TPSA) is 97.7 Å². The van der Waals surface area contributed by atoms with Gasteiger partial charge >= 0.3 is 0 Å². The SMILES string of the molecule is Cc1cc(C(=O)NCc2nn[nH]n2)c(C)n1C1CCCOC1. The molecule has 3 rings (SSSR count). The van der Waals surface area contributed by atoms with Crippen molar-refractivity contribution in [1.82, 2.24) is 30.5 Å². The van der Waals surface area contributed by atoms with E-state index in [0.29, 0.717) is 24.0 Å². The summed E-state index contributed by atoms with van der Waals surface area (Å²) in [6, 6.07) is 2.24. The van der Waals surface area contributed by atoms with E-state index in [1.807, 2.05) is 19.9 Å². The van der Waals surface area contributed by atoms with Gasteiger partial charge in [-0.15, -0.1) is 10.2 Å². The third-order valence-electron chi connectivity index (χ3n) is 4.03. The van der Waals surface area contributed by atoms with Gasteiger partial charge in [0.15, 0.2) is 5.82 Å². The summed E-state index contributed by atoms with van der Waals surface area (Å²) >= 11 is 0. The second-order valence-corrected chi connectivity index (χ2v) is 5.54. The molecule has 1 atom stereocenters. The molecule has 3 heterocycles. The summed E-state index contributed by atoms with van der Waals surface area (Å²) in [4.78, 5) is 12.4. The molecule has 2 aromatic heterocycles. The standard InChI is InChI=1S/C14H20N6O2/c1-9-6-12(14(21)15-7-13-16-18-19-17-13)10(2)20(9)11-4-3-5-22-8-11/h6,11H,3-5,7-8H2,1-2H3,(H,15,21)(H,16,17,18,19). The summed E-state index contributed by atoms with van der Waals surface area (Å²) < 4.78 is 7.78. The molecule has 0 aromatic carbocycles. The van der Waals surface area contributed by atoms with Gasteiger partial charge in [-0.05, 0) is 32.8 Å². The Labute approximate surface area is 128 Å². The first kappa shape index (κ1) is 14.7. The van der Waals surface area contributed by atoms with E-state index in [1.54, 1.807) is 0 Å². The molecule has 0 saturated carbocycles. The number of carbonyl (C=O) groups is 1. The van der Waals surface area contributed by atoms with Crippen LogP contribution in [0.1, 0.15) is 46.5 Å². The van der Waals surface area contributed by atoms with Crippen molar-refractivity contribution in [3.05, 3.63) is 28.8 Å². The fourth-order valence-corrected chi connectivity index (χ4v) is 3.01. The van der Waals surface area contributed by atoms with Gasteiger partial charge in [0.1, 0.15) is 0 Å². The van der Waals surface area contributed by atoms with Crippen molar-refractivity contribution in [1.29, 1.82) is 0 Å². The predicted octanol–water partition coefficient (Wildman–Crippen LogP) is 0.900. The van der Waals surface area contributed by atoms with Gasteiger partial charge in [0.05, 0.1) is 24.8 Å². The number of nitrogens with one attached hydrogen (secondary N) is 2. The van der Waals surface area contributed by atoms with Crippen LogP contribution in [0, 0.1) is 13.8 Å². The third-order valence-corrected chi connectivity index (χ3v) is 4.03. The number of aryl methyl sites for hydroxylation is 1. The van der Waals surface area contributed by atoms with Gasteiger partial charge in [-0.1, -0.05) is 5.21 Å². The van der Waals surface area contributed by atoms with E-state index >= 15 is 0 Å². The summed E-state index contributed by atoms with van der Waals surface area (Å²) in [7, 11) is 0. The molecule has 1 saturated heterocycles. The van der Waals surface area contributed by atoms with Crippen LogP contribution in [0.4, 0.5) is 0 Å². The Kier molecular flexibility index (Phi) is 4.19. The van der Waals surface area contributed by atoms with Gasteiger partial charge in [0, 0.05) is 18.0 Å². The highest BCUT2D eigenvalue weighted by atomic mass is 16.5. The number of hydrogen-bond donors (Lipinski definition) is 2. The third kappa shape index (κ3) is 2.87. The van der Waals surface area contributed by atoms with Gasteiger partial charge in [-0.3, -0.25) is 4.79 Å². The summed E-state index contributed by atoms with van der Waals surface area (Å²) in [5.41, 5.74) is 2.74. The molecule has 8 nitrogen and oxygen atoms in total. The largest absolute Gasteiger partial charge is 0.379 e. The van der Waals surface area contributed by atoms with Crippen LogP contribution in [0.2, 0.25) is 0 Å². The van der Waals surface area contributed by atoms with E-state index in [2.05, 4.69) is 30.5 Å². The number of rotatable bonds is 4. The molecule has 1 amide bonds. The Bertz CT molecular complexity index is 643. The Morgan fingerprint density at radius 1 is 1.55 bits per heavy atom. The Balaban J connectivity index is 1.74. The Hall–Kier alpha value is -2.22. The zero-order valence-electron chi connectivity index (χ0n) is 12.8. The van der Waals surface area contributed by atoms with E-state index in [-0.39, 0.29) is 12.5 Å². The van der Waals surface area contributed by atoms with Crippen molar-refractivity contribution in [2.75, 3.05) is 13.2 Å². The molecule has 1 unspecified atom stereocenters. The van der Waals surface area contributed by atoms with E-state index < -0.39 is 0 Å². The van der Waals surface area contributed by atoms with E-state index in [4.69, 9.17) is 4.74 Å². The monoisotopic (exact) mass is 304 g/mol. The van der Waals surface area contributed by atoms with Crippen LogP contribution < -0.4 is 5.32 Å². The number of aromatic nitrogens is 5. The molecular formula is C14H20N6O2. The summed E-state index contributed by atoms with van der Waals surface area (Å²) in [5.74, 6) is 0.337. The van der Waals surface area contributed by atoms with Gasteiger partial charge in [-0.25, -0.2) is 0 Å². The smallest absolute Gasteiger partial charge is 0.253 e. The molecule has 1 aliphatic rings. The lowest BCUT2D eigenvalue weighted by molar-refractivity contribution is 0.0579. The van der Waals surface area contributed by atoms with E-state index in [0.717, 1.165) is 30.8 Å². The zero-order chi connectivity index (χ0) is 15.5. The fraction of sp³-hybridized carbons (Fsp3) is 0.571. The van der Waals surface area contributed by atoms with Crippen molar-refractivity contribution < 1.29 is 9.53 Å². The van der Waals surface area contributed by atoms with Gasteiger partial charge in [0.25, 0.3) is 5.91 Å². The second-order valence-electron chi connectivity index (χ2n) is 5.54. The van der Waals surface area contributed by atoms with Crippen molar-refractivity contribution in [2.45, 2.75) is 39.3 Å². The first-order valence-electron chi connectivity index (χ1n) is 7.43. The average Bonchev–Trinajstić information content (AvgIpc) is 3.14. The van der Waals surface area contributed by atoms with Crippen LogP contribution in [-0.2, 0) is 11.3 Å². The lowest BCUT2D eigenvalue weighted by atomic mass is 10.1. The molecule has 1 fully saturated rings. The minimum absolute atomic E-state index is 0.124. The van der Waals surface area contributed by atoms with Crippen molar-refractivity contribution in [3.63, 3.8) is 0 Å². The number of amides is 1. The lowest BCUT2D eigenvalue weighted by Crippen LogP contribution is -2.25. The summed E-state index contributed by atoms with van der Waals surface area (Å²) in [6.07, 6.45) is 2.14. The quantitative estimate of drug-likeness (QED) is 0.874. The van der Waals surface area contributed by atoms with Crippen LogP contribution in [0.5, 0.6) is 0 Å². The van der Waals surface area contributed by atoms with E-state index in [9.17, 15) is 4.79 Å². The average molecular weight is 304 g/mol. The molecular weight excluding hydrogens is 284 g/mol. The number of aromatic amines is 1. The van der Waals surface area contributed by atoms with Crippen LogP contribution in [-0.4, -0.2) is 44.3 Å². The van der Waals surface area contributed by atoms with Crippen LogP contribution >= 0.6 is 0 Å². The first-order chi connectivity index (χ1) is 10.7. The molecule has 0 spiro atoms. The number of hydrogen-bond acceptors (Lipinski definition) is 5. The van der Waals surface area contributed by atoms with Gasteiger partial charge < -0.3 is 14.6 Å². The highest BCUT2D eigenvalue weighted by Gasteiger charge is 2.23. The Morgan fingerprint density at radius 2 is 2.41 bits per heavy atom. The van der Waals surface area contributed by atoms with Gasteiger partial charge in [0.2, 0.25) is 0 Å². The normalized spacial score (nSPS) is 18.4. The molecule has 1 aliphatic heterocycles. The highest BCUT2D eigenvalue weighted by Crippen LogP contribution is 2.26. The second kappa shape index (κ2) is 6.27. The number of carbonyl (C=O) groups excluding carboxylic acids is 1. The maximum atomic E-state index is 12.4. The molecule has 2 N–H and O–H groups in total. The molecule has 118 valence electrons. The number of H-pyrrole nitrogens is 1. The van der Waals surface area contributed by atoms with Crippen molar-refractivity contribution >= 4 is 5.91 Å². The highest BCUT2D eigenvalue weighted by molar-refractivity contribution is 5.95. The van der Waals surface area contributed by atoms with Crippen LogP contribution in [0.15, 0.2) is 6.07 Å². The molecule has 0 radical (unpaired) electrons. The predicted molar refractivity (Wildman–Crippen MR) is 78.3 cm³/mol. The summed E-state index contributed by atoms with van der Waals surface area (Å²) in [6.45, 7) is 5.79. The van der Waals surface area contributed by atoms with E-state index in [1.165, 1.54) is 0 Å². The molecule has 0 bridgehead atoms. The fourth-order valence-electron chi connectivity index (χ4n) is 3.01. The molecule has 0 aliphatic carbocycles. The number of nitrogens with zero attached hydrogens (tertiary/aromatic N) is 4. The minimum atomic E-state index is -0.124. The Morgan fingerprint density at radius 3 is 3.09 bits per heavy atom. The maximum absolute atomic E-state index is 12.4. The molecule has 22 heavy (non-hydrogen) atoms.